The molecule has 8 heteroatoms. The summed E-state index contributed by atoms with van der Waals surface area (Å²) in [6.07, 6.45) is 1.53. The Labute approximate surface area is 164 Å². The van der Waals surface area contributed by atoms with Crippen LogP contribution in [0.3, 0.4) is 0 Å². The molecule has 0 bridgehead atoms. The molecule has 1 aliphatic rings. The van der Waals surface area contributed by atoms with Crippen molar-refractivity contribution >= 4 is 23.2 Å². The zero-order valence-electron chi connectivity index (χ0n) is 16.4. The first-order valence-corrected chi connectivity index (χ1v) is 10.1. The number of amides is 1. The Morgan fingerprint density at radius 1 is 1.33 bits per heavy atom. The Morgan fingerprint density at radius 2 is 2.04 bits per heavy atom. The van der Waals surface area contributed by atoms with E-state index in [1.807, 2.05) is 4.90 Å². The molecule has 0 aromatic carbocycles. The monoisotopic (exact) mass is 389 g/mol. The van der Waals surface area contributed by atoms with Gasteiger partial charge in [0.15, 0.2) is 11.7 Å². The van der Waals surface area contributed by atoms with Crippen molar-refractivity contribution in [2.75, 3.05) is 33.2 Å². The van der Waals surface area contributed by atoms with Gasteiger partial charge in [-0.1, -0.05) is 13.8 Å². The van der Waals surface area contributed by atoms with Gasteiger partial charge in [0.25, 0.3) is 5.91 Å². The molecule has 1 aliphatic heterocycles. The number of rotatable bonds is 4. The topological polar surface area (TPSA) is 74.0 Å². The van der Waals surface area contributed by atoms with Crippen molar-refractivity contribution in [3.05, 3.63) is 39.7 Å². The predicted octanol–water partition coefficient (Wildman–Crippen LogP) is 2.70. The number of guanidine groups is 1. The van der Waals surface area contributed by atoms with Gasteiger partial charge in [-0.2, -0.15) is 0 Å². The molecule has 0 atom stereocenters. The molecule has 0 radical (unpaired) electrons. The summed E-state index contributed by atoms with van der Waals surface area (Å²) in [4.78, 5) is 26.8. The molecule has 27 heavy (non-hydrogen) atoms. The lowest BCUT2D eigenvalue weighted by Gasteiger charge is -2.36. The molecule has 2 aromatic heterocycles. The summed E-state index contributed by atoms with van der Waals surface area (Å²) in [6, 6.07) is 3.44. The van der Waals surface area contributed by atoms with Gasteiger partial charge in [-0.3, -0.25) is 9.79 Å². The number of nitrogens with one attached hydrogen (secondary N) is 1. The number of aliphatic imine (C=N–C) groups is 1. The Kier molecular flexibility index (Phi) is 6.15. The maximum absolute atomic E-state index is 12.4. The van der Waals surface area contributed by atoms with Crippen LogP contribution < -0.4 is 5.32 Å². The fourth-order valence-corrected chi connectivity index (χ4v) is 4.27. The zero-order chi connectivity index (χ0) is 19.4. The third-order valence-corrected chi connectivity index (χ3v) is 5.62. The fourth-order valence-electron chi connectivity index (χ4n) is 3.24. The largest absolute Gasteiger partial charge is 0.459 e. The maximum atomic E-state index is 12.4. The first kappa shape index (κ1) is 19.4. The summed E-state index contributed by atoms with van der Waals surface area (Å²) < 4.78 is 5.21. The molecule has 2 aromatic rings. The number of aromatic nitrogens is 1. The van der Waals surface area contributed by atoms with Crippen LogP contribution in [-0.2, 0) is 6.54 Å². The molecule has 0 spiro atoms. The van der Waals surface area contributed by atoms with E-state index in [9.17, 15) is 4.79 Å². The number of hydrogen-bond donors (Lipinski definition) is 1. The Hall–Kier alpha value is -2.35. The molecule has 0 aliphatic carbocycles. The van der Waals surface area contributed by atoms with Crippen molar-refractivity contribution < 1.29 is 9.21 Å². The minimum Gasteiger partial charge on any atom is -0.459 e. The molecule has 0 unspecified atom stereocenters. The quantitative estimate of drug-likeness (QED) is 0.643. The molecule has 1 saturated heterocycles. The molecule has 3 heterocycles. The van der Waals surface area contributed by atoms with Crippen molar-refractivity contribution in [3.8, 4) is 0 Å². The third-order valence-electron chi connectivity index (χ3n) is 4.63. The number of carbonyl (C=O) groups is 1. The molecule has 146 valence electrons. The molecule has 1 fully saturated rings. The standard InChI is InChI=1S/C19H27N5O2S/c1-13(2)17-14(3)27-16(22-17)12-21-19(20-4)24-9-7-23(8-10-24)18(25)15-6-5-11-26-15/h5-6,11,13H,7-10,12H2,1-4H3,(H,20,21). The average Bonchev–Trinajstić information content (AvgIpc) is 3.32. The van der Waals surface area contributed by atoms with Crippen LogP contribution in [0.25, 0.3) is 0 Å². The number of thiazole rings is 1. The van der Waals surface area contributed by atoms with Crippen LogP contribution in [0.2, 0.25) is 0 Å². The van der Waals surface area contributed by atoms with Crippen molar-refractivity contribution in [1.82, 2.24) is 20.1 Å². The number of carbonyl (C=O) groups excluding carboxylic acids is 1. The highest BCUT2D eigenvalue weighted by molar-refractivity contribution is 7.11. The van der Waals surface area contributed by atoms with E-state index < -0.39 is 0 Å². The predicted molar refractivity (Wildman–Crippen MR) is 107 cm³/mol. The number of piperazine rings is 1. The minimum atomic E-state index is -0.0536. The summed E-state index contributed by atoms with van der Waals surface area (Å²) in [6.45, 7) is 9.89. The van der Waals surface area contributed by atoms with Gasteiger partial charge in [0.1, 0.15) is 5.01 Å². The van der Waals surface area contributed by atoms with E-state index in [-0.39, 0.29) is 5.91 Å². The highest BCUT2D eigenvalue weighted by Crippen LogP contribution is 2.24. The summed E-state index contributed by atoms with van der Waals surface area (Å²) in [5.41, 5.74) is 1.18. The van der Waals surface area contributed by atoms with Crippen LogP contribution in [0, 0.1) is 6.92 Å². The maximum Gasteiger partial charge on any atom is 0.289 e. The molecule has 1 N–H and O–H groups in total. The third kappa shape index (κ3) is 4.50. The first-order chi connectivity index (χ1) is 13.0. The second kappa shape index (κ2) is 8.56. The van der Waals surface area contributed by atoms with Crippen LogP contribution >= 0.6 is 11.3 Å². The highest BCUT2D eigenvalue weighted by Gasteiger charge is 2.25. The van der Waals surface area contributed by atoms with Gasteiger partial charge >= 0.3 is 0 Å². The van der Waals surface area contributed by atoms with E-state index in [0.717, 1.165) is 24.1 Å². The second-order valence-electron chi connectivity index (χ2n) is 6.86. The number of nitrogens with zero attached hydrogens (tertiary/aromatic N) is 4. The van der Waals surface area contributed by atoms with E-state index in [2.05, 4.69) is 36.0 Å². The van der Waals surface area contributed by atoms with Crippen molar-refractivity contribution in [2.24, 2.45) is 4.99 Å². The molecule has 0 saturated carbocycles. The van der Waals surface area contributed by atoms with Gasteiger partial charge in [0.2, 0.25) is 0 Å². The van der Waals surface area contributed by atoms with Crippen molar-refractivity contribution in [3.63, 3.8) is 0 Å². The van der Waals surface area contributed by atoms with Crippen LogP contribution in [0.1, 0.15) is 45.9 Å². The van der Waals surface area contributed by atoms with E-state index in [0.29, 0.717) is 31.3 Å². The van der Waals surface area contributed by atoms with E-state index in [4.69, 9.17) is 9.40 Å². The summed E-state index contributed by atoms with van der Waals surface area (Å²) in [7, 11) is 1.79. The van der Waals surface area contributed by atoms with Gasteiger partial charge in [-0.15, -0.1) is 11.3 Å². The Balaban J connectivity index is 1.53. The van der Waals surface area contributed by atoms with Crippen LogP contribution in [0.15, 0.2) is 27.8 Å². The van der Waals surface area contributed by atoms with E-state index in [1.165, 1.54) is 16.8 Å². The Bertz CT molecular complexity index is 789. The molecular formula is C19H27N5O2S. The molecular weight excluding hydrogens is 362 g/mol. The SMILES string of the molecule is CN=C(NCc1nc(C(C)C)c(C)s1)N1CCN(C(=O)c2ccco2)CC1. The highest BCUT2D eigenvalue weighted by atomic mass is 32.1. The smallest absolute Gasteiger partial charge is 0.289 e. The van der Waals surface area contributed by atoms with Crippen LogP contribution in [-0.4, -0.2) is 59.9 Å². The normalized spacial score (nSPS) is 15.5. The Morgan fingerprint density at radius 3 is 2.59 bits per heavy atom. The lowest BCUT2D eigenvalue weighted by molar-refractivity contribution is 0.0657. The van der Waals surface area contributed by atoms with Gasteiger partial charge in [-0.25, -0.2) is 4.98 Å². The average molecular weight is 390 g/mol. The zero-order valence-corrected chi connectivity index (χ0v) is 17.2. The van der Waals surface area contributed by atoms with Gasteiger partial charge in [-0.05, 0) is 25.0 Å². The van der Waals surface area contributed by atoms with Gasteiger partial charge in [0, 0.05) is 38.1 Å². The van der Waals surface area contributed by atoms with E-state index >= 15 is 0 Å². The second-order valence-corrected chi connectivity index (χ2v) is 8.15. The summed E-state index contributed by atoms with van der Waals surface area (Å²) in [5.74, 6) is 1.63. The number of aryl methyl sites for hydroxylation is 1. The minimum absolute atomic E-state index is 0.0536. The summed E-state index contributed by atoms with van der Waals surface area (Å²) in [5, 5.41) is 4.48. The number of furan rings is 1. The summed E-state index contributed by atoms with van der Waals surface area (Å²) >= 11 is 1.73. The van der Waals surface area contributed by atoms with Gasteiger partial charge < -0.3 is 19.5 Å². The lowest BCUT2D eigenvalue weighted by Crippen LogP contribution is -2.53. The van der Waals surface area contributed by atoms with Crippen molar-refractivity contribution in [2.45, 2.75) is 33.2 Å². The van der Waals surface area contributed by atoms with Crippen LogP contribution in [0.5, 0.6) is 0 Å². The van der Waals surface area contributed by atoms with Crippen LogP contribution in [0.4, 0.5) is 0 Å². The van der Waals surface area contributed by atoms with Gasteiger partial charge in [0.05, 0.1) is 18.5 Å². The fraction of sp³-hybridized carbons (Fsp3) is 0.526. The molecule has 7 nitrogen and oxygen atoms in total. The van der Waals surface area contributed by atoms with E-state index in [1.54, 1.807) is 30.5 Å². The molecule has 3 rings (SSSR count). The lowest BCUT2D eigenvalue weighted by atomic mass is 10.1. The van der Waals surface area contributed by atoms with Crippen molar-refractivity contribution in [1.29, 1.82) is 0 Å². The number of hydrogen-bond acceptors (Lipinski definition) is 5. The first-order valence-electron chi connectivity index (χ1n) is 9.24. The molecule has 1 amide bonds.